The molecule has 0 aromatic heterocycles. The average Bonchev–Trinajstić information content (AvgIpc) is 2.36. The number of amides is 1. The zero-order valence-electron chi connectivity index (χ0n) is 13.4. The third-order valence-corrected chi connectivity index (χ3v) is 3.10. The molecule has 0 spiro atoms. The number of carboxylic acids is 1. The van der Waals surface area contributed by atoms with E-state index in [9.17, 15) is 14.4 Å². The van der Waals surface area contributed by atoms with Crippen molar-refractivity contribution in [3.63, 3.8) is 0 Å². The molecule has 5 nitrogen and oxygen atoms in total. The highest BCUT2D eigenvalue weighted by molar-refractivity contribution is 5.92. The van der Waals surface area contributed by atoms with Crippen LogP contribution in [0, 0.1) is 11.8 Å². The van der Waals surface area contributed by atoms with Crippen molar-refractivity contribution < 1.29 is 19.5 Å². The van der Waals surface area contributed by atoms with Crippen LogP contribution >= 0.6 is 0 Å². The van der Waals surface area contributed by atoms with Crippen LogP contribution in [0.3, 0.4) is 0 Å². The van der Waals surface area contributed by atoms with Gasteiger partial charge in [-0.15, -0.1) is 0 Å². The minimum atomic E-state index is -0.982. The van der Waals surface area contributed by atoms with Crippen molar-refractivity contribution in [2.45, 2.75) is 40.0 Å². The topological polar surface area (TPSA) is 97.5 Å². The number of allylic oxidation sites excluding steroid dienone is 6. The monoisotopic (exact) mass is 307 g/mol. The summed E-state index contributed by atoms with van der Waals surface area (Å²) in [5.41, 5.74) is 6.10. The van der Waals surface area contributed by atoms with Gasteiger partial charge in [0.2, 0.25) is 5.91 Å². The Morgan fingerprint density at radius 2 is 1.82 bits per heavy atom. The maximum Gasteiger partial charge on any atom is 0.303 e. The highest BCUT2D eigenvalue weighted by atomic mass is 16.4. The molecule has 0 aliphatic rings. The van der Waals surface area contributed by atoms with Crippen LogP contribution in [0.4, 0.5) is 0 Å². The van der Waals surface area contributed by atoms with Gasteiger partial charge in [-0.3, -0.25) is 14.4 Å². The van der Waals surface area contributed by atoms with Crippen LogP contribution in [0.5, 0.6) is 0 Å². The molecule has 1 amide bonds. The lowest BCUT2D eigenvalue weighted by Gasteiger charge is -2.09. The van der Waals surface area contributed by atoms with Crippen molar-refractivity contribution in [2.75, 3.05) is 0 Å². The smallest absolute Gasteiger partial charge is 0.303 e. The SMILES string of the molecule is C/C=C/C(C)=C/C(C)C(=O)/C=C/CC(CC(N)=O)CC(=O)O. The molecule has 0 bridgehead atoms. The molecule has 3 N–H and O–H groups in total. The van der Waals surface area contributed by atoms with Gasteiger partial charge >= 0.3 is 5.97 Å². The van der Waals surface area contributed by atoms with Gasteiger partial charge in [-0.1, -0.05) is 36.8 Å². The van der Waals surface area contributed by atoms with E-state index in [1.807, 2.05) is 32.1 Å². The first-order chi connectivity index (χ1) is 10.3. The Bertz CT molecular complexity index is 473. The maximum absolute atomic E-state index is 11.9. The second-order valence-corrected chi connectivity index (χ2v) is 5.37. The van der Waals surface area contributed by atoms with Gasteiger partial charge in [-0.2, -0.15) is 0 Å². The number of primary amides is 1. The van der Waals surface area contributed by atoms with Crippen LogP contribution in [0.15, 0.2) is 36.0 Å². The first-order valence-electron chi connectivity index (χ1n) is 7.27. The van der Waals surface area contributed by atoms with Crippen molar-refractivity contribution in [3.8, 4) is 0 Å². The molecule has 0 rings (SSSR count). The Labute approximate surface area is 131 Å². The third kappa shape index (κ3) is 9.69. The van der Waals surface area contributed by atoms with E-state index in [4.69, 9.17) is 10.8 Å². The fourth-order valence-corrected chi connectivity index (χ4v) is 2.09. The van der Waals surface area contributed by atoms with Crippen molar-refractivity contribution >= 4 is 17.7 Å². The number of aliphatic carboxylic acids is 1. The molecular weight excluding hydrogens is 282 g/mol. The summed E-state index contributed by atoms with van der Waals surface area (Å²) in [6.07, 6.45) is 8.95. The molecule has 0 fully saturated rings. The lowest BCUT2D eigenvalue weighted by Crippen LogP contribution is -2.18. The van der Waals surface area contributed by atoms with Crippen LogP contribution in [0.25, 0.3) is 0 Å². The number of rotatable bonds is 10. The molecule has 0 saturated carbocycles. The Balaban J connectivity index is 4.60. The Hall–Kier alpha value is -2.17. The van der Waals surface area contributed by atoms with Gasteiger partial charge in [0.1, 0.15) is 0 Å². The fourth-order valence-electron chi connectivity index (χ4n) is 2.09. The molecule has 5 heteroatoms. The number of nitrogens with two attached hydrogens (primary N) is 1. The number of ketones is 1. The Morgan fingerprint density at radius 1 is 1.18 bits per heavy atom. The molecule has 0 saturated heterocycles. The Kier molecular flexibility index (Phi) is 9.50. The van der Waals surface area contributed by atoms with Gasteiger partial charge in [0, 0.05) is 18.8 Å². The first kappa shape index (κ1) is 19.8. The first-order valence-corrected chi connectivity index (χ1v) is 7.27. The van der Waals surface area contributed by atoms with Crippen LogP contribution in [0.1, 0.15) is 40.0 Å². The summed E-state index contributed by atoms with van der Waals surface area (Å²) in [6.45, 7) is 5.63. The number of carboxylic acid groups (broad SMARTS) is 1. The molecule has 0 aromatic carbocycles. The highest BCUT2D eigenvalue weighted by Gasteiger charge is 2.15. The van der Waals surface area contributed by atoms with Crippen molar-refractivity contribution in [1.82, 2.24) is 0 Å². The van der Waals surface area contributed by atoms with Gasteiger partial charge in [-0.05, 0) is 32.3 Å². The minimum absolute atomic E-state index is 0.000684. The maximum atomic E-state index is 11.9. The van der Waals surface area contributed by atoms with E-state index < -0.39 is 11.9 Å². The van der Waals surface area contributed by atoms with E-state index in [1.165, 1.54) is 6.08 Å². The average molecular weight is 307 g/mol. The summed E-state index contributed by atoms with van der Waals surface area (Å²) in [4.78, 5) is 33.6. The lowest BCUT2D eigenvalue weighted by molar-refractivity contribution is -0.138. The van der Waals surface area contributed by atoms with Crippen molar-refractivity contribution in [2.24, 2.45) is 17.6 Å². The number of hydrogen-bond acceptors (Lipinski definition) is 3. The summed E-state index contributed by atoms with van der Waals surface area (Å²) in [6, 6.07) is 0. The summed E-state index contributed by atoms with van der Waals surface area (Å²) in [7, 11) is 0. The second-order valence-electron chi connectivity index (χ2n) is 5.37. The van der Waals surface area contributed by atoms with E-state index in [2.05, 4.69) is 0 Å². The van der Waals surface area contributed by atoms with Gasteiger partial charge in [0.05, 0.1) is 0 Å². The van der Waals surface area contributed by atoms with Crippen LogP contribution < -0.4 is 5.73 Å². The van der Waals surface area contributed by atoms with Crippen LogP contribution in [0.2, 0.25) is 0 Å². The molecule has 2 unspecified atom stereocenters. The summed E-state index contributed by atoms with van der Waals surface area (Å²) in [5, 5.41) is 8.79. The zero-order valence-corrected chi connectivity index (χ0v) is 13.4. The second kappa shape index (κ2) is 10.5. The number of carbonyl (C=O) groups excluding carboxylic acids is 2. The molecule has 122 valence electrons. The van der Waals surface area contributed by atoms with Crippen molar-refractivity contribution in [3.05, 3.63) is 36.0 Å². The minimum Gasteiger partial charge on any atom is -0.481 e. The molecule has 0 radical (unpaired) electrons. The standard InChI is InChI=1S/C17H25NO4/c1-4-6-12(2)9-13(3)15(19)8-5-7-14(10-16(18)20)11-17(21)22/h4-6,8-9,13-14H,7,10-11H2,1-3H3,(H2,18,20)(H,21,22)/b6-4+,8-5+,12-9+. The Morgan fingerprint density at radius 3 is 2.32 bits per heavy atom. The summed E-state index contributed by atoms with van der Waals surface area (Å²) < 4.78 is 0. The summed E-state index contributed by atoms with van der Waals surface area (Å²) >= 11 is 0. The number of hydrogen-bond donors (Lipinski definition) is 2. The molecule has 2 atom stereocenters. The normalized spacial score (nSPS) is 15.1. The zero-order chi connectivity index (χ0) is 17.1. The fraction of sp³-hybridized carbons (Fsp3) is 0.471. The molecule has 0 aliphatic carbocycles. The van der Waals surface area contributed by atoms with E-state index in [0.717, 1.165) is 5.57 Å². The van der Waals surface area contributed by atoms with E-state index in [0.29, 0.717) is 6.42 Å². The highest BCUT2D eigenvalue weighted by Crippen LogP contribution is 2.15. The van der Waals surface area contributed by atoms with Gasteiger partial charge in [-0.25, -0.2) is 0 Å². The molecule has 0 aliphatic heterocycles. The van der Waals surface area contributed by atoms with Gasteiger partial charge < -0.3 is 10.8 Å². The van der Waals surface area contributed by atoms with E-state index in [-0.39, 0.29) is 30.5 Å². The van der Waals surface area contributed by atoms with Gasteiger partial charge in [0.15, 0.2) is 5.78 Å². The predicted octanol–water partition coefficient (Wildman–Crippen LogP) is 2.63. The van der Waals surface area contributed by atoms with E-state index >= 15 is 0 Å². The molecule has 0 aromatic rings. The van der Waals surface area contributed by atoms with Gasteiger partial charge in [0.25, 0.3) is 0 Å². The number of carbonyl (C=O) groups is 3. The third-order valence-electron chi connectivity index (χ3n) is 3.10. The van der Waals surface area contributed by atoms with Crippen molar-refractivity contribution in [1.29, 1.82) is 0 Å². The van der Waals surface area contributed by atoms with Crippen LogP contribution in [-0.2, 0) is 14.4 Å². The summed E-state index contributed by atoms with van der Waals surface area (Å²) in [5.74, 6) is -2.21. The van der Waals surface area contributed by atoms with E-state index in [1.54, 1.807) is 13.0 Å². The predicted molar refractivity (Wildman–Crippen MR) is 86.1 cm³/mol. The quantitative estimate of drug-likeness (QED) is 0.479. The molecular formula is C17H25NO4. The van der Waals surface area contributed by atoms with Crippen LogP contribution in [-0.4, -0.2) is 22.8 Å². The largest absolute Gasteiger partial charge is 0.481 e. The molecule has 22 heavy (non-hydrogen) atoms. The molecule has 0 heterocycles. The lowest BCUT2D eigenvalue weighted by atomic mass is 9.96.